The van der Waals surface area contributed by atoms with E-state index in [1.54, 1.807) is 30.3 Å². The number of hydrogen-bond donors (Lipinski definition) is 3. The average molecular weight is 348 g/mol. The van der Waals surface area contributed by atoms with E-state index in [2.05, 4.69) is 22.5 Å². The minimum atomic E-state index is -0.512. The van der Waals surface area contributed by atoms with Crippen LogP contribution >= 0.6 is 11.6 Å². The molecule has 0 radical (unpaired) electrons. The van der Waals surface area contributed by atoms with E-state index in [4.69, 9.17) is 11.6 Å². The largest absolute Gasteiger partial charge is 0.334 e. The molecule has 7 heteroatoms. The highest BCUT2D eigenvalue weighted by molar-refractivity contribution is 6.34. The van der Waals surface area contributed by atoms with Gasteiger partial charge in [-0.15, -0.1) is 6.58 Å². The van der Waals surface area contributed by atoms with E-state index in [0.717, 1.165) is 12.1 Å². The monoisotopic (exact) mass is 347 g/mol. The zero-order chi connectivity index (χ0) is 17.5. The second kappa shape index (κ2) is 8.12. The number of nitrogens with one attached hydrogen (secondary N) is 3. The number of hydrogen-bond acceptors (Lipinski definition) is 2. The fraction of sp³-hybridized carbons (Fsp3) is 0.0588. The Balaban J connectivity index is 1.99. The van der Waals surface area contributed by atoms with Gasteiger partial charge in [0.2, 0.25) is 0 Å². The fourth-order valence-corrected chi connectivity index (χ4v) is 2.10. The first-order valence-corrected chi connectivity index (χ1v) is 7.39. The van der Waals surface area contributed by atoms with Crippen molar-refractivity contribution in [3.05, 3.63) is 71.5 Å². The Kier molecular flexibility index (Phi) is 5.92. The number of carbonyl (C=O) groups is 2. The van der Waals surface area contributed by atoms with Crippen LogP contribution < -0.4 is 16.0 Å². The predicted molar refractivity (Wildman–Crippen MR) is 93.0 cm³/mol. The number of anilines is 2. The summed E-state index contributed by atoms with van der Waals surface area (Å²) in [5.41, 5.74) is 1.25. The van der Waals surface area contributed by atoms with Crippen LogP contribution in [0, 0.1) is 5.82 Å². The SMILES string of the molecule is C=CCNC(=O)Nc1ccc(NC(=O)c2ccc(F)cc2Cl)cc1. The van der Waals surface area contributed by atoms with Crippen LogP contribution in [0.25, 0.3) is 0 Å². The summed E-state index contributed by atoms with van der Waals surface area (Å²) >= 11 is 5.85. The third kappa shape index (κ3) is 4.82. The molecule has 0 atom stereocenters. The van der Waals surface area contributed by atoms with E-state index in [1.165, 1.54) is 6.07 Å². The smallest absolute Gasteiger partial charge is 0.319 e. The van der Waals surface area contributed by atoms with E-state index < -0.39 is 11.7 Å². The van der Waals surface area contributed by atoms with Gasteiger partial charge < -0.3 is 16.0 Å². The van der Waals surface area contributed by atoms with Crippen molar-refractivity contribution in [3.63, 3.8) is 0 Å². The summed E-state index contributed by atoms with van der Waals surface area (Å²) in [5.74, 6) is -0.967. The van der Waals surface area contributed by atoms with Gasteiger partial charge in [0.1, 0.15) is 5.82 Å². The summed E-state index contributed by atoms with van der Waals surface area (Å²) in [5, 5.41) is 7.89. The lowest BCUT2D eigenvalue weighted by atomic mass is 10.2. The zero-order valence-corrected chi connectivity index (χ0v) is 13.4. The highest BCUT2D eigenvalue weighted by Crippen LogP contribution is 2.20. The molecule has 0 unspecified atom stereocenters. The highest BCUT2D eigenvalue weighted by Gasteiger charge is 2.11. The molecular formula is C17H15ClFN3O2. The van der Waals surface area contributed by atoms with Gasteiger partial charge in [0.15, 0.2) is 0 Å². The van der Waals surface area contributed by atoms with Crippen LogP contribution in [0.15, 0.2) is 55.1 Å². The van der Waals surface area contributed by atoms with E-state index >= 15 is 0 Å². The molecule has 0 saturated carbocycles. The molecule has 2 aromatic carbocycles. The molecule has 0 aliphatic carbocycles. The second-order valence-corrected chi connectivity index (χ2v) is 5.19. The van der Waals surface area contributed by atoms with Crippen LogP contribution in [0.2, 0.25) is 5.02 Å². The first-order chi connectivity index (χ1) is 11.5. The van der Waals surface area contributed by atoms with Crippen LogP contribution in [-0.2, 0) is 0 Å². The third-order valence-electron chi connectivity index (χ3n) is 2.98. The lowest BCUT2D eigenvalue weighted by molar-refractivity contribution is 0.102. The molecule has 2 aromatic rings. The molecule has 2 rings (SSSR count). The summed E-state index contributed by atoms with van der Waals surface area (Å²) in [6, 6.07) is 9.71. The number of benzene rings is 2. The maximum absolute atomic E-state index is 13.0. The third-order valence-corrected chi connectivity index (χ3v) is 3.30. The number of carbonyl (C=O) groups excluding carboxylic acids is 2. The Hall–Kier alpha value is -2.86. The number of urea groups is 1. The van der Waals surface area contributed by atoms with Gasteiger partial charge >= 0.3 is 6.03 Å². The van der Waals surface area contributed by atoms with Crippen LogP contribution in [-0.4, -0.2) is 18.5 Å². The Bertz CT molecular complexity index is 763. The van der Waals surface area contributed by atoms with Gasteiger partial charge in [0.25, 0.3) is 5.91 Å². The van der Waals surface area contributed by atoms with Crippen LogP contribution in [0.3, 0.4) is 0 Å². The Morgan fingerprint density at radius 1 is 1.08 bits per heavy atom. The Morgan fingerprint density at radius 3 is 2.29 bits per heavy atom. The van der Waals surface area contributed by atoms with Gasteiger partial charge in [-0.05, 0) is 42.5 Å². The van der Waals surface area contributed by atoms with E-state index in [0.29, 0.717) is 17.9 Å². The summed E-state index contributed by atoms with van der Waals surface area (Å²) in [7, 11) is 0. The quantitative estimate of drug-likeness (QED) is 0.714. The molecule has 24 heavy (non-hydrogen) atoms. The van der Waals surface area contributed by atoms with Crippen molar-refractivity contribution in [3.8, 4) is 0 Å². The van der Waals surface area contributed by atoms with Crippen molar-refractivity contribution in [2.75, 3.05) is 17.2 Å². The molecule has 0 spiro atoms. The normalized spacial score (nSPS) is 9.92. The topological polar surface area (TPSA) is 70.2 Å². The highest BCUT2D eigenvalue weighted by atomic mass is 35.5. The Morgan fingerprint density at radius 2 is 1.71 bits per heavy atom. The van der Waals surface area contributed by atoms with Crippen molar-refractivity contribution < 1.29 is 14.0 Å². The minimum Gasteiger partial charge on any atom is -0.334 e. The van der Waals surface area contributed by atoms with Crippen molar-refractivity contribution in [1.82, 2.24) is 5.32 Å². The fourth-order valence-electron chi connectivity index (χ4n) is 1.85. The lowest BCUT2D eigenvalue weighted by Crippen LogP contribution is -2.28. The maximum atomic E-state index is 13.0. The molecule has 0 aliphatic heterocycles. The van der Waals surface area contributed by atoms with Gasteiger partial charge in [0.05, 0.1) is 10.6 Å². The standard InChI is InChI=1S/C17H15ClFN3O2/c1-2-9-20-17(24)22-13-6-4-12(5-7-13)21-16(23)14-8-3-11(19)10-15(14)18/h2-8,10H,1,9H2,(H,21,23)(H2,20,22,24). The molecular weight excluding hydrogens is 333 g/mol. The number of rotatable bonds is 5. The van der Waals surface area contributed by atoms with Crippen molar-refractivity contribution in [1.29, 1.82) is 0 Å². The summed E-state index contributed by atoms with van der Waals surface area (Å²) in [6.45, 7) is 3.86. The van der Waals surface area contributed by atoms with Crippen LogP contribution in [0.5, 0.6) is 0 Å². The van der Waals surface area contributed by atoms with Gasteiger partial charge in [-0.3, -0.25) is 4.79 Å². The van der Waals surface area contributed by atoms with Crippen molar-refractivity contribution in [2.45, 2.75) is 0 Å². The van der Waals surface area contributed by atoms with E-state index in [9.17, 15) is 14.0 Å². The van der Waals surface area contributed by atoms with Gasteiger partial charge in [0, 0.05) is 17.9 Å². The van der Waals surface area contributed by atoms with E-state index in [1.807, 2.05) is 0 Å². The minimum absolute atomic E-state index is 0.0321. The van der Waals surface area contributed by atoms with Crippen molar-refractivity contribution >= 4 is 34.9 Å². The predicted octanol–water partition coefficient (Wildman–Crippen LogP) is 4.04. The Labute approximate surface area is 143 Å². The van der Waals surface area contributed by atoms with Crippen LogP contribution in [0.4, 0.5) is 20.6 Å². The molecule has 0 fully saturated rings. The lowest BCUT2D eigenvalue weighted by Gasteiger charge is -2.09. The zero-order valence-electron chi connectivity index (χ0n) is 12.6. The van der Waals surface area contributed by atoms with Gasteiger partial charge in [-0.2, -0.15) is 0 Å². The molecule has 0 aliphatic rings. The number of amides is 3. The second-order valence-electron chi connectivity index (χ2n) is 4.78. The molecule has 124 valence electrons. The first kappa shape index (κ1) is 17.5. The average Bonchev–Trinajstić information content (AvgIpc) is 2.54. The van der Waals surface area contributed by atoms with Crippen molar-refractivity contribution in [2.24, 2.45) is 0 Å². The molecule has 0 bridgehead atoms. The molecule has 3 N–H and O–H groups in total. The number of halogens is 2. The molecule has 3 amide bonds. The molecule has 0 saturated heterocycles. The molecule has 5 nitrogen and oxygen atoms in total. The summed E-state index contributed by atoms with van der Waals surface area (Å²) < 4.78 is 13.0. The van der Waals surface area contributed by atoms with E-state index in [-0.39, 0.29) is 16.6 Å². The summed E-state index contributed by atoms with van der Waals surface area (Å²) in [4.78, 5) is 23.6. The maximum Gasteiger partial charge on any atom is 0.319 e. The first-order valence-electron chi connectivity index (χ1n) is 7.02. The van der Waals surface area contributed by atoms with Crippen LogP contribution in [0.1, 0.15) is 10.4 Å². The summed E-state index contributed by atoms with van der Waals surface area (Å²) in [6.07, 6.45) is 1.57. The van der Waals surface area contributed by atoms with Gasteiger partial charge in [-0.1, -0.05) is 17.7 Å². The molecule has 0 aromatic heterocycles. The van der Waals surface area contributed by atoms with Gasteiger partial charge in [-0.25, -0.2) is 9.18 Å². The molecule has 0 heterocycles.